The lowest BCUT2D eigenvalue weighted by Gasteiger charge is -2.43. The van der Waals surface area contributed by atoms with Gasteiger partial charge in [0.2, 0.25) is 0 Å². The molecule has 0 aromatic heterocycles. The summed E-state index contributed by atoms with van der Waals surface area (Å²) in [6.07, 6.45) is 3.89. The largest absolute Gasteiger partial charge is 0.325 e. The van der Waals surface area contributed by atoms with Crippen molar-refractivity contribution in [1.82, 2.24) is 0 Å². The molecule has 0 amide bonds. The van der Waals surface area contributed by atoms with Crippen LogP contribution in [0, 0.1) is 17.7 Å². The van der Waals surface area contributed by atoms with Crippen LogP contribution in [0.15, 0.2) is 18.2 Å². The maximum atomic E-state index is 14.0. The van der Waals surface area contributed by atoms with Gasteiger partial charge in [-0.15, -0.1) is 0 Å². The number of nitrogens with two attached hydrogens (primary N) is 1. The zero-order valence-electron chi connectivity index (χ0n) is 11.0. The Labute approximate surface area is 114 Å². The summed E-state index contributed by atoms with van der Waals surface area (Å²) in [6, 6.07) is 5.17. The molecule has 3 atom stereocenters. The molecule has 0 saturated heterocycles. The lowest BCUT2D eigenvalue weighted by molar-refractivity contribution is 0.142. The fourth-order valence-corrected chi connectivity index (χ4v) is 3.28. The fourth-order valence-electron chi connectivity index (χ4n) is 3.09. The Bertz CT molecular complexity index is 435. The molecule has 1 nitrogen and oxygen atoms in total. The molecule has 0 heterocycles. The normalized spacial score (nSPS) is 32.5. The third-order valence-electron chi connectivity index (χ3n) is 4.61. The molecule has 1 aromatic carbocycles. The third-order valence-corrected chi connectivity index (χ3v) is 4.91. The average molecular weight is 270 g/mol. The molecule has 100 valence electrons. The molecule has 1 saturated carbocycles. The van der Waals surface area contributed by atoms with E-state index in [-0.39, 0.29) is 16.4 Å². The Morgan fingerprint density at radius 3 is 2.89 bits per heavy atom. The Hall–Kier alpha value is -0.600. The SMILES string of the molecule is CC1CCCC(N)(Cc2cccc(Cl)c2F)C1C. The monoisotopic (exact) mass is 269 g/mol. The second-order valence-corrected chi connectivity index (χ2v) is 6.19. The van der Waals surface area contributed by atoms with Crippen molar-refractivity contribution < 1.29 is 4.39 Å². The predicted molar refractivity (Wildman–Crippen MR) is 74.2 cm³/mol. The van der Waals surface area contributed by atoms with Crippen molar-refractivity contribution in [2.24, 2.45) is 17.6 Å². The quantitative estimate of drug-likeness (QED) is 0.857. The lowest BCUT2D eigenvalue weighted by Crippen LogP contribution is -2.52. The van der Waals surface area contributed by atoms with Gasteiger partial charge in [-0.05, 0) is 36.3 Å². The minimum atomic E-state index is -0.311. The van der Waals surface area contributed by atoms with E-state index in [4.69, 9.17) is 17.3 Å². The maximum absolute atomic E-state index is 14.0. The van der Waals surface area contributed by atoms with Crippen molar-refractivity contribution in [3.8, 4) is 0 Å². The molecule has 0 spiro atoms. The summed E-state index contributed by atoms with van der Waals surface area (Å²) in [5.74, 6) is 0.699. The zero-order chi connectivity index (χ0) is 13.3. The molecule has 1 aromatic rings. The molecule has 0 bridgehead atoms. The van der Waals surface area contributed by atoms with E-state index in [2.05, 4.69) is 13.8 Å². The summed E-state index contributed by atoms with van der Waals surface area (Å²) in [7, 11) is 0. The highest BCUT2D eigenvalue weighted by Gasteiger charge is 2.38. The number of hydrogen-bond acceptors (Lipinski definition) is 1. The van der Waals surface area contributed by atoms with Crippen LogP contribution in [0.2, 0.25) is 5.02 Å². The number of halogens is 2. The Kier molecular flexibility index (Phi) is 3.98. The van der Waals surface area contributed by atoms with Crippen molar-refractivity contribution in [1.29, 1.82) is 0 Å². The van der Waals surface area contributed by atoms with Gasteiger partial charge in [0.1, 0.15) is 5.82 Å². The van der Waals surface area contributed by atoms with Crippen molar-refractivity contribution in [2.45, 2.75) is 45.1 Å². The molecule has 2 rings (SSSR count). The first-order valence-electron chi connectivity index (χ1n) is 6.66. The van der Waals surface area contributed by atoms with E-state index in [1.54, 1.807) is 18.2 Å². The Morgan fingerprint density at radius 1 is 1.44 bits per heavy atom. The maximum Gasteiger partial charge on any atom is 0.145 e. The zero-order valence-corrected chi connectivity index (χ0v) is 11.8. The molecule has 3 unspecified atom stereocenters. The topological polar surface area (TPSA) is 26.0 Å². The van der Waals surface area contributed by atoms with Gasteiger partial charge in [-0.25, -0.2) is 4.39 Å². The van der Waals surface area contributed by atoms with Gasteiger partial charge >= 0.3 is 0 Å². The van der Waals surface area contributed by atoms with Crippen molar-refractivity contribution in [2.75, 3.05) is 0 Å². The number of rotatable bonds is 2. The van der Waals surface area contributed by atoms with E-state index < -0.39 is 0 Å². The van der Waals surface area contributed by atoms with Gasteiger partial charge < -0.3 is 5.73 Å². The van der Waals surface area contributed by atoms with E-state index in [9.17, 15) is 4.39 Å². The standard InChI is InChI=1S/C15H21ClFN/c1-10-5-4-8-15(18,11(10)2)9-12-6-3-7-13(16)14(12)17/h3,6-7,10-11H,4-5,8-9,18H2,1-2H3. The van der Waals surface area contributed by atoms with E-state index in [1.165, 1.54) is 6.42 Å². The number of hydrogen-bond donors (Lipinski definition) is 1. The van der Waals surface area contributed by atoms with Gasteiger partial charge in [-0.2, -0.15) is 0 Å². The van der Waals surface area contributed by atoms with Crippen LogP contribution in [0.5, 0.6) is 0 Å². The first-order valence-corrected chi connectivity index (χ1v) is 7.03. The van der Waals surface area contributed by atoms with Gasteiger partial charge in [0, 0.05) is 5.54 Å². The van der Waals surface area contributed by atoms with Gasteiger partial charge in [0.25, 0.3) is 0 Å². The van der Waals surface area contributed by atoms with Crippen molar-refractivity contribution in [3.63, 3.8) is 0 Å². The number of benzene rings is 1. The highest BCUT2D eigenvalue weighted by molar-refractivity contribution is 6.30. The molecular weight excluding hydrogens is 249 g/mol. The molecule has 0 radical (unpaired) electrons. The van der Waals surface area contributed by atoms with E-state index >= 15 is 0 Å². The molecule has 2 N–H and O–H groups in total. The smallest absolute Gasteiger partial charge is 0.145 e. The molecule has 3 heteroatoms. The summed E-state index contributed by atoms with van der Waals surface area (Å²) >= 11 is 5.83. The highest BCUT2D eigenvalue weighted by atomic mass is 35.5. The first kappa shape index (κ1) is 13.8. The van der Waals surface area contributed by atoms with E-state index in [0.29, 0.717) is 23.8 Å². The molecule has 18 heavy (non-hydrogen) atoms. The molecule has 1 aliphatic carbocycles. The molecule has 0 aliphatic heterocycles. The fraction of sp³-hybridized carbons (Fsp3) is 0.600. The van der Waals surface area contributed by atoms with Gasteiger partial charge in [-0.3, -0.25) is 0 Å². The summed E-state index contributed by atoms with van der Waals surface area (Å²) in [5.41, 5.74) is 6.88. The summed E-state index contributed by atoms with van der Waals surface area (Å²) in [4.78, 5) is 0. The van der Waals surface area contributed by atoms with Crippen LogP contribution in [-0.2, 0) is 6.42 Å². The van der Waals surface area contributed by atoms with Gasteiger partial charge in [0.15, 0.2) is 0 Å². The second kappa shape index (κ2) is 5.18. The Balaban J connectivity index is 2.24. The van der Waals surface area contributed by atoms with E-state index in [1.807, 2.05) is 0 Å². The molecular formula is C15H21ClFN. The minimum absolute atomic E-state index is 0.188. The average Bonchev–Trinajstić information content (AvgIpc) is 2.32. The second-order valence-electron chi connectivity index (χ2n) is 5.78. The third kappa shape index (κ3) is 2.55. The molecule has 1 aliphatic rings. The van der Waals surface area contributed by atoms with Crippen LogP contribution >= 0.6 is 11.6 Å². The van der Waals surface area contributed by atoms with Gasteiger partial charge in [0.05, 0.1) is 5.02 Å². The summed E-state index contributed by atoms with van der Waals surface area (Å²) in [6.45, 7) is 4.42. The van der Waals surface area contributed by atoms with Crippen LogP contribution in [0.3, 0.4) is 0 Å². The first-order chi connectivity index (χ1) is 8.44. The summed E-state index contributed by atoms with van der Waals surface area (Å²) in [5, 5.41) is 0.188. The van der Waals surface area contributed by atoms with Crippen molar-refractivity contribution in [3.05, 3.63) is 34.6 Å². The van der Waals surface area contributed by atoms with Crippen LogP contribution in [0.1, 0.15) is 38.7 Å². The van der Waals surface area contributed by atoms with Crippen LogP contribution in [0.4, 0.5) is 4.39 Å². The highest BCUT2D eigenvalue weighted by Crippen LogP contribution is 2.38. The minimum Gasteiger partial charge on any atom is -0.325 e. The lowest BCUT2D eigenvalue weighted by atomic mass is 9.66. The van der Waals surface area contributed by atoms with Gasteiger partial charge in [-0.1, -0.05) is 50.4 Å². The molecule has 1 fully saturated rings. The van der Waals surface area contributed by atoms with Crippen LogP contribution in [0.25, 0.3) is 0 Å². The Morgan fingerprint density at radius 2 is 2.17 bits per heavy atom. The predicted octanol–water partition coefficient (Wildman–Crippen LogP) is 4.18. The van der Waals surface area contributed by atoms with Crippen LogP contribution in [-0.4, -0.2) is 5.54 Å². The van der Waals surface area contributed by atoms with Crippen molar-refractivity contribution >= 4 is 11.6 Å². The van der Waals surface area contributed by atoms with Crippen LogP contribution < -0.4 is 5.73 Å². The summed E-state index contributed by atoms with van der Waals surface area (Å²) < 4.78 is 14.0. The van der Waals surface area contributed by atoms with E-state index in [0.717, 1.165) is 12.8 Å².